The first-order valence-electron chi connectivity index (χ1n) is 10.5. The number of amides is 1. The number of aromatic amines is 1. The maximum absolute atomic E-state index is 13.8. The number of hydrogen-bond donors (Lipinski definition) is 2. The molecule has 2 aromatic heterocycles. The van der Waals surface area contributed by atoms with E-state index in [1.54, 1.807) is 42.7 Å². The van der Waals surface area contributed by atoms with E-state index in [1.807, 2.05) is 19.1 Å². The summed E-state index contributed by atoms with van der Waals surface area (Å²) in [5.41, 5.74) is -0.149. The third-order valence-corrected chi connectivity index (χ3v) is 6.10. The number of fused-ring (bicyclic) bond motifs is 1. The standard InChI is InChI=1S/C25H20F3N3O2/c1-15-14-24(15,19-10-12-30-22-18(19)9-11-29-22)31-23(32)16-7-8-21(20(13-16)25(26,27)28)33-17-5-3-2-4-6-17/h2-13,15H,14H2,1H3,(H,29,30)(H,31,32). The monoisotopic (exact) mass is 451 g/mol. The Morgan fingerprint density at radius 1 is 1.15 bits per heavy atom. The molecule has 2 heterocycles. The second kappa shape index (κ2) is 7.65. The molecule has 0 radical (unpaired) electrons. The Morgan fingerprint density at radius 2 is 1.91 bits per heavy atom. The Kier molecular flexibility index (Phi) is 4.88. The number of halogens is 3. The van der Waals surface area contributed by atoms with Crippen LogP contribution in [0.2, 0.25) is 0 Å². The van der Waals surface area contributed by atoms with Gasteiger partial charge in [0.15, 0.2) is 0 Å². The molecule has 4 aromatic rings. The Balaban J connectivity index is 1.47. The maximum atomic E-state index is 13.8. The number of alkyl halides is 3. The highest BCUT2D eigenvalue weighted by molar-refractivity contribution is 5.96. The minimum Gasteiger partial charge on any atom is -0.457 e. The van der Waals surface area contributed by atoms with E-state index in [9.17, 15) is 18.0 Å². The van der Waals surface area contributed by atoms with Gasteiger partial charge in [0, 0.05) is 23.3 Å². The summed E-state index contributed by atoms with van der Waals surface area (Å²) in [5.74, 6) is -0.525. The highest BCUT2D eigenvalue weighted by Crippen LogP contribution is 2.53. The summed E-state index contributed by atoms with van der Waals surface area (Å²) in [5, 5.41) is 3.87. The van der Waals surface area contributed by atoms with E-state index in [-0.39, 0.29) is 23.0 Å². The fraction of sp³-hybridized carbons (Fsp3) is 0.200. The predicted molar refractivity (Wildman–Crippen MR) is 117 cm³/mol. The molecule has 2 unspecified atom stereocenters. The van der Waals surface area contributed by atoms with Crippen molar-refractivity contribution in [3.63, 3.8) is 0 Å². The molecule has 0 spiro atoms. The van der Waals surface area contributed by atoms with Gasteiger partial charge in [0.2, 0.25) is 0 Å². The van der Waals surface area contributed by atoms with Gasteiger partial charge in [-0.2, -0.15) is 13.2 Å². The Labute approximate surface area is 187 Å². The van der Waals surface area contributed by atoms with E-state index in [0.29, 0.717) is 12.1 Å². The topological polar surface area (TPSA) is 67.0 Å². The molecule has 5 rings (SSSR count). The van der Waals surface area contributed by atoms with Crippen LogP contribution in [-0.2, 0) is 11.7 Å². The molecule has 0 saturated heterocycles. The number of rotatable bonds is 5. The first kappa shape index (κ1) is 21.1. The molecule has 0 aliphatic heterocycles. The molecule has 1 fully saturated rings. The minimum atomic E-state index is -4.69. The van der Waals surface area contributed by atoms with Crippen LogP contribution >= 0.6 is 0 Å². The molecule has 5 nitrogen and oxygen atoms in total. The number of hydrogen-bond acceptors (Lipinski definition) is 3. The van der Waals surface area contributed by atoms with Gasteiger partial charge in [-0.25, -0.2) is 4.98 Å². The number of benzene rings is 2. The summed E-state index contributed by atoms with van der Waals surface area (Å²) in [4.78, 5) is 20.4. The number of aromatic nitrogens is 2. The van der Waals surface area contributed by atoms with Gasteiger partial charge in [0.1, 0.15) is 17.1 Å². The van der Waals surface area contributed by atoms with Crippen LogP contribution in [0.15, 0.2) is 73.1 Å². The molecule has 8 heteroatoms. The van der Waals surface area contributed by atoms with E-state index in [0.717, 1.165) is 17.0 Å². The lowest BCUT2D eigenvalue weighted by Crippen LogP contribution is -2.36. The van der Waals surface area contributed by atoms with Crippen LogP contribution in [0.25, 0.3) is 11.0 Å². The lowest BCUT2D eigenvalue weighted by molar-refractivity contribution is -0.138. The van der Waals surface area contributed by atoms with Crippen molar-refractivity contribution in [1.82, 2.24) is 15.3 Å². The van der Waals surface area contributed by atoms with Crippen LogP contribution in [0.1, 0.15) is 34.8 Å². The van der Waals surface area contributed by atoms with E-state index in [2.05, 4.69) is 15.3 Å². The Hall–Kier alpha value is -3.81. The molecular weight excluding hydrogens is 431 g/mol. The van der Waals surface area contributed by atoms with Crippen LogP contribution in [0.3, 0.4) is 0 Å². The number of H-pyrrole nitrogens is 1. The zero-order valence-electron chi connectivity index (χ0n) is 17.6. The van der Waals surface area contributed by atoms with Gasteiger partial charge in [-0.15, -0.1) is 0 Å². The van der Waals surface area contributed by atoms with Crippen LogP contribution in [0.5, 0.6) is 11.5 Å². The van der Waals surface area contributed by atoms with Crippen LogP contribution < -0.4 is 10.1 Å². The van der Waals surface area contributed by atoms with Gasteiger partial charge in [-0.1, -0.05) is 25.1 Å². The van der Waals surface area contributed by atoms with Gasteiger partial charge in [-0.3, -0.25) is 4.79 Å². The van der Waals surface area contributed by atoms with Gasteiger partial charge in [0.25, 0.3) is 5.91 Å². The van der Waals surface area contributed by atoms with Gasteiger partial charge in [0.05, 0.1) is 11.1 Å². The van der Waals surface area contributed by atoms with Gasteiger partial charge < -0.3 is 15.0 Å². The van der Waals surface area contributed by atoms with Crippen molar-refractivity contribution in [3.05, 3.63) is 89.7 Å². The molecule has 2 aromatic carbocycles. The number of carbonyl (C=O) groups excluding carboxylic acids is 1. The smallest absolute Gasteiger partial charge is 0.420 e. The van der Waals surface area contributed by atoms with Crippen LogP contribution in [0.4, 0.5) is 13.2 Å². The number of nitrogens with one attached hydrogen (secondary N) is 2. The average molecular weight is 451 g/mol. The van der Waals surface area contributed by atoms with Crippen molar-refractivity contribution in [2.75, 3.05) is 0 Å². The molecule has 33 heavy (non-hydrogen) atoms. The van der Waals surface area contributed by atoms with Gasteiger partial charge >= 0.3 is 6.18 Å². The van der Waals surface area contributed by atoms with Crippen molar-refractivity contribution < 1.29 is 22.7 Å². The fourth-order valence-electron chi connectivity index (χ4n) is 4.26. The molecule has 2 atom stereocenters. The number of carbonyl (C=O) groups is 1. The fourth-order valence-corrected chi connectivity index (χ4v) is 4.26. The second-order valence-corrected chi connectivity index (χ2v) is 8.25. The summed E-state index contributed by atoms with van der Waals surface area (Å²) < 4.78 is 46.8. The van der Waals surface area contributed by atoms with Crippen LogP contribution in [0, 0.1) is 5.92 Å². The van der Waals surface area contributed by atoms with Crippen LogP contribution in [-0.4, -0.2) is 15.9 Å². The van der Waals surface area contributed by atoms with Crippen molar-refractivity contribution in [1.29, 1.82) is 0 Å². The predicted octanol–water partition coefficient (Wildman–Crippen LogP) is 6.04. The van der Waals surface area contributed by atoms with Gasteiger partial charge in [-0.05, 0) is 60.4 Å². The molecule has 1 aliphatic carbocycles. The van der Waals surface area contributed by atoms with E-state index in [1.165, 1.54) is 12.1 Å². The molecule has 168 valence electrons. The van der Waals surface area contributed by atoms with Crippen molar-refractivity contribution in [3.8, 4) is 11.5 Å². The highest BCUT2D eigenvalue weighted by atomic mass is 19.4. The Morgan fingerprint density at radius 3 is 2.61 bits per heavy atom. The zero-order chi connectivity index (χ0) is 23.2. The molecule has 1 amide bonds. The lowest BCUT2D eigenvalue weighted by atomic mass is 9.99. The first-order chi connectivity index (χ1) is 15.8. The summed E-state index contributed by atoms with van der Waals surface area (Å²) in [6.07, 6.45) is -0.576. The summed E-state index contributed by atoms with van der Waals surface area (Å²) in [6, 6.07) is 15.3. The van der Waals surface area contributed by atoms with E-state index >= 15 is 0 Å². The third-order valence-electron chi connectivity index (χ3n) is 6.10. The van der Waals surface area contributed by atoms with Crippen molar-refractivity contribution in [2.24, 2.45) is 5.92 Å². The lowest BCUT2D eigenvalue weighted by Gasteiger charge is -2.21. The maximum Gasteiger partial charge on any atom is 0.420 e. The van der Waals surface area contributed by atoms with Crippen molar-refractivity contribution in [2.45, 2.75) is 25.1 Å². The zero-order valence-corrected chi connectivity index (χ0v) is 17.6. The van der Waals surface area contributed by atoms with E-state index < -0.39 is 23.2 Å². The quantitative estimate of drug-likeness (QED) is 0.389. The summed E-state index contributed by atoms with van der Waals surface area (Å²) >= 11 is 0. The normalized spacial score (nSPS) is 19.9. The third kappa shape index (κ3) is 3.82. The highest BCUT2D eigenvalue weighted by Gasteiger charge is 2.54. The molecular formula is C25H20F3N3O2. The van der Waals surface area contributed by atoms with E-state index in [4.69, 9.17) is 4.74 Å². The molecule has 1 aliphatic rings. The summed E-state index contributed by atoms with van der Waals surface area (Å²) in [7, 11) is 0. The number of nitrogens with zero attached hydrogens (tertiary/aromatic N) is 1. The number of ether oxygens (including phenoxy) is 1. The molecule has 1 saturated carbocycles. The largest absolute Gasteiger partial charge is 0.457 e. The number of pyridine rings is 1. The second-order valence-electron chi connectivity index (χ2n) is 8.25. The summed E-state index contributed by atoms with van der Waals surface area (Å²) in [6.45, 7) is 2.00. The Bertz CT molecular complexity index is 1330. The average Bonchev–Trinajstić information content (AvgIpc) is 3.19. The minimum absolute atomic E-state index is 0.0828. The SMILES string of the molecule is CC1CC1(NC(=O)c1ccc(Oc2ccccc2)c(C(F)(F)F)c1)c1ccnc2[nH]ccc12. The number of para-hydroxylation sites is 1. The molecule has 2 N–H and O–H groups in total. The van der Waals surface area contributed by atoms with Crippen molar-refractivity contribution >= 4 is 16.9 Å². The first-order valence-corrected chi connectivity index (χ1v) is 10.5. The molecule has 0 bridgehead atoms.